The second-order valence-corrected chi connectivity index (χ2v) is 6.15. The van der Waals surface area contributed by atoms with Crippen LogP contribution in [0.25, 0.3) is 11.2 Å². The van der Waals surface area contributed by atoms with Crippen LogP contribution in [-0.4, -0.2) is 45.0 Å². The highest BCUT2D eigenvalue weighted by molar-refractivity contribution is 5.86. The van der Waals surface area contributed by atoms with E-state index in [1.807, 2.05) is 0 Å². The smallest absolute Gasteiger partial charge is 0.332 e. The number of aryl methyl sites for hydroxylation is 1. The van der Waals surface area contributed by atoms with Crippen molar-refractivity contribution in [2.45, 2.75) is 6.54 Å². The molecule has 2 aromatic heterocycles. The summed E-state index contributed by atoms with van der Waals surface area (Å²) in [6, 6.07) is 5.18. The molecule has 1 N–H and O–H groups in total. The summed E-state index contributed by atoms with van der Waals surface area (Å²) in [7, 11) is 5.95. The Bertz CT molecular complexity index is 1220. The van der Waals surface area contributed by atoms with Gasteiger partial charge in [-0.3, -0.25) is 18.7 Å². The van der Waals surface area contributed by atoms with Gasteiger partial charge in [0, 0.05) is 19.7 Å². The Kier molecular flexibility index (Phi) is 5.48. The van der Waals surface area contributed by atoms with Crippen LogP contribution in [0.4, 0.5) is 0 Å². The number of fused-ring (bicyclic) bond motifs is 1. The molecule has 29 heavy (non-hydrogen) atoms. The highest BCUT2D eigenvalue weighted by Gasteiger charge is 2.15. The molecule has 3 rings (SSSR count). The van der Waals surface area contributed by atoms with Crippen LogP contribution in [0.1, 0.15) is 5.56 Å². The number of nitrogens with zero attached hydrogens (tertiary/aromatic N) is 5. The Labute approximate surface area is 164 Å². The molecule has 152 valence electrons. The van der Waals surface area contributed by atoms with E-state index >= 15 is 0 Å². The summed E-state index contributed by atoms with van der Waals surface area (Å²) < 4.78 is 14.0. The lowest BCUT2D eigenvalue weighted by molar-refractivity contribution is -0.121. The lowest BCUT2D eigenvalue weighted by Crippen LogP contribution is -2.37. The van der Waals surface area contributed by atoms with Gasteiger partial charge in [-0.2, -0.15) is 5.10 Å². The van der Waals surface area contributed by atoms with Gasteiger partial charge in [-0.1, -0.05) is 0 Å². The third-order valence-corrected chi connectivity index (χ3v) is 4.35. The summed E-state index contributed by atoms with van der Waals surface area (Å²) >= 11 is 0. The number of carbonyl (C=O) groups excluding carboxylic acids is 1. The van der Waals surface area contributed by atoms with Crippen LogP contribution < -0.4 is 26.1 Å². The number of ether oxygens (including phenoxy) is 2. The fourth-order valence-corrected chi connectivity index (χ4v) is 2.86. The first kappa shape index (κ1) is 19.9. The summed E-state index contributed by atoms with van der Waals surface area (Å²) in [5.74, 6) is 0.719. The maximum absolute atomic E-state index is 12.3. The average Bonchev–Trinajstić information content (AvgIpc) is 3.14. The topological polar surface area (TPSA) is 122 Å². The number of hydrogen-bond donors (Lipinski definition) is 1. The third kappa shape index (κ3) is 3.74. The number of carbonyl (C=O) groups is 1. The molecular formula is C18H20N6O5. The summed E-state index contributed by atoms with van der Waals surface area (Å²) in [4.78, 5) is 40.6. The molecule has 3 aromatic rings. The Hall–Kier alpha value is -3.89. The lowest BCUT2D eigenvalue weighted by atomic mass is 10.2. The molecular weight excluding hydrogens is 380 g/mol. The van der Waals surface area contributed by atoms with Gasteiger partial charge in [0.05, 0.1) is 26.8 Å². The number of imidazole rings is 1. The van der Waals surface area contributed by atoms with Crippen molar-refractivity contribution in [1.82, 2.24) is 24.1 Å². The molecule has 0 saturated carbocycles. The predicted octanol–water partition coefficient (Wildman–Crippen LogP) is -0.399. The fraction of sp³-hybridized carbons (Fsp3) is 0.278. The minimum atomic E-state index is -0.523. The fourth-order valence-electron chi connectivity index (χ4n) is 2.86. The summed E-state index contributed by atoms with van der Waals surface area (Å²) in [5, 5.41) is 3.93. The molecule has 0 radical (unpaired) electrons. The van der Waals surface area contributed by atoms with E-state index in [1.165, 1.54) is 42.9 Å². The van der Waals surface area contributed by atoms with Crippen LogP contribution in [0.5, 0.6) is 11.5 Å². The Morgan fingerprint density at radius 1 is 1.21 bits per heavy atom. The Balaban J connectivity index is 1.80. The molecule has 0 saturated heterocycles. The second kappa shape index (κ2) is 8.00. The minimum Gasteiger partial charge on any atom is -0.497 e. The van der Waals surface area contributed by atoms with Crippen molar-refractivity contribution in [2.75, 3.05) is 14.2 Å². The zero-order valence-corrected chi connectivity index (χ0v) is 16.4. The molecule has 11 nitrogen and oxygen atoms in total. The van der Waals surface area contributed by atoms with E-state index in [0.29, 0.717) is 17.1 Å². The number of hydrazone groups is 1. The highest BCUT2D eigenvalue weighted by atomic mass is 16.5. The first-order valence-corrected chi connectivity index (χ1v) is 8.52. The SMILES string of the molecule is COc1ccc(OC)c(/C=N/NC(=O)Cn2cnc3c(=O)n(C)c(=O)n(C)c32)c1. The van der Waals surface area contributed by atoms with Gasteiger partial charge >= 0.3 is 5.69 Å². The quantitative estimate of drug-likeness (QED) is 0.444. The van der Waals surface area contributed by atoms with Crippen molar-refractivity contribution >= 4 is 23.3 Å². The van der Waals surface area contributed by atoms with E-state index in [1.54, 1.807) is 25.3 Å². The number of rotatable bonds is 6. The highest BCUT2D eigenvalue weighted by Crippen LogP contribution is 2.22. The van der Waals surface area contributed by atoms with E-state index in [9.17, 15) is 14.4 Å². The second-order valence-electron chi connectivity index (χ2n) is 6.15. The van der Waals surface area contributed by atoms with Crippen LogP contribution in [0, 0.1) is 0 Å². The van der Waals surface area contributed by atoms with Gasteiger partial charge in [-0.25, -0.2) is 15.2 Å². The summed E-state index contributed by atoms with van der Waals surface area (Å²) in [5.41, 5.74) is 2.35. The molecule has 0 bridgehead atoms. The molecule has 0 fully saturated rings. The van der Waals surface area contributed by atoms with Crippen LogP contribution >= 0.6 is 0 Å². The third-order valence-electron chi connectivity index (χ3n) is 4.35. The standard InChI is InChI=1S/C18H20N6O5/c1-22-16-15(17(26)23(2)18(22)27)19-10-24(16)9-14(25)21-20-8-11-7-12(28-3)5-6-13(11)29-4/h5-8,10H,9H2,1-4H3,(H,21,25)/b20-8+. The first-order chi connectivity index (χ1) is 13.9. The maximum atomic E-state index is 12.3. The minimum absolute atomic E-state index is 0.104. The lowest BCUT2D eigenvalue weighted by Gasteiger charge is -2.08. The molecule has 0 unspecified atom stereocenters. The van der Waals surface area contributed by atoms with Gasteiger partial charge in [0.2, 0.25) is 0 Å². The maximum Gasteiger partial charge on any atom is 0.332 e. The number of hydrogen-bond acceptors (Lipinski definition) is 7. The van der Waals surface area contributed by atoms with Gasteiger partial charge in [0.15, 0.2) is 5.52 Å². The van der Waals surface area contributed by atoms with Crippen molar-refractivity contribution in [2.24, 2.45) is 19.2 Å². The van der Waals surface area contributed by atoms with Crippen LogP contribution in [0.3, 0.4) is 0 Å². The van der Waals surface area contributed by atoms with Crippen molar-refractivity contribution in [3.8, 4) is 11.5 Å². The zero-order valence-electron chi connectivity index (χ0n) is 16.4. The molecule has 1 amide bonds. The van der Waals surface area contributed by atoms with Crippen LogP contribution in [0.2, 0.25) is 0 Å². The van der Waals surface area contributed by atoms with E-state index in [2.05, 4.69) is 15.5 Å². The van der Waals surface area contributed by atoms with Crippen molar-refractivity contribution in [3.05, 3.63) is 50.9 Å². The molecule has 0 aliphatic heterocycles. The predicted molar refractivity (Wildman–Crippen MR) is 105 cm³/mol. The first-order valence-electron chi connectivity index (χ1n) is 8.52. The van der Waals surface area contributed by atoms with Gasteiger partial charge in [-0.05, 0) is 18.2 Å². The zero-order chi connectivity index (χ0) is 21.1. The molecule has 2 heterocycles. The molecule has 0 aliphatic carbocycles. The number of amides is 1. The van der Waals surface area contributed by atoms with E-state index in [-0.39, 0.29) is 17.7 Å². The van der Waals surface area contributed by atoms with Gasteiger partial charge in [0.1, 0.15) is 23.7 Å². The molecule has 0 spiro atoms. The van der Waals surface area contributed by atoms with Gasteiger partial charge in [0.25, 0.3) is 11.5 Å². The van der Waals surface area contributed by atoms with Crippen LogP contribution in [0.15, 0.2) is 39.2 Å². The van der Waals surface area contributed by atoms with Gasteiger partial charge < -0.3 is 14.0 Å². The Morgan fingerprint density at radius 3 is 2.66 bits per heavy atom. The average molecular weight is 400 g/mol. The number of nitrogens with one attached hydrogen (secondary N) is 1. The van der Waals surface area contributed by atoms with Gasteiger partial charge in [-0.15, -0.1) is 0 Å². The normalized spacial score (nSPS) is 11.2. The molecule has 11 heteroatoms. The molecule has 0 atom stereocenters. The summed E-state index contributed by atoms with van der Waals surface area (Å²) in [6.45, 7) is -0.177. The van der Waals surface area contributed by atoms with E-state index < -0.39 is 17.2 Å². The Morgan fingerprint density at radius 2 is 1.97 bits per heavy atom. The number of aromatic nitrogens is 4. The number of benzene rings is 1. The van der Waals surface area contributed by atoms with Crippen LogP contribution in [-0.2, 0) is 25.4 Å². The van der Waals surface area contributed by atoms with E-state index in [0.717, 1.165) is 4.57 Å². The van der Waals surface area contributed by atoms with Crippen molar-refractivity contribution in [3.63, 3.8) is 0 Å². The van der Waals surface area contributed by atoms with E-state index in [4.69, 9.17) is 9.47 Å². The largest absolute Gasteiger partial charge is 0.497 e. The monoisotopic (exact) mass is 400 g/mol. The van der Waals surface area contributed by atoms with Crippen molar-refractivity contribution in [1.29, 1.82) is 0 Å². The molecule has 1 aromatic carbocycles. The summed E-state index contributed by atoms with van der Waals surface area (Å²) in [6.07, 6.45) is 2.76. The number of methoxy groups -OCH3 is 2. The molecule has 0 aliphatic rings. The van der Waals surface area contributed by atoms with Crippen molar-refractivity contribution < 1.29 is 14.3 Å².